The summed E-state index contributed by atoms with van der Waals surface area (Å²) in [5.74, 6) is 1.57. The molecule has 2 aromatic heterocycles. The predicted molar refractivity (Wildman–Crippen MR) is 143 cm³/mol. The minimum Gasteiger partial charge on any atom is -0.416 e. The van der Waals surface area contributed by atoms with Crippen LogP contribution < -0.4 is 5.73 Å². The molecule has 0 saturated carbocycles. The highest BCUT2D eigenvalue weighted by molar-refractivity contribution is 5.87. The lowest BCUT2D eigenvalue weighted by Gasteiger charge is -2.02. The van der Waals surface area contributed by atoms with Gasteiger partial charge in [0.25, 0.3) is 0 Å². The first-order valence-corrected chi connectivity index (χ1v) is 11.8. The lowest BCUT2D eigenvalue weighted by Crippen LogP contribution is -1.89. The lowest BCUT2D eigenvalue weighted by molar-refractivity contribution is 0.582. The smallest absolute Gasteiger partial charge is 0.248 e. The van der Waals surface area contributed by atoms with Gasteiger partial charge in [-0.25, -0.2) is 0 Å². The minimum absolute atomic E-state index is 0.353. The number of nitrogen functional groups attached to an aromatic ring is 1. The summed E-state index contributed by atoms with van der Waals surface area (Å²) in [4.78, 5) is 0. The Kier molecular flexibility index (Phi) is 4.79. The Balaban J connectivity index is 1.22. The number of hydrogen-bond acceptors (Lipinski definition) is 7. The molecule has 2 heterocycles. The molecule has 7 nitrogen and oxygen atoms in total. The van der Waals surface area contributed by atoms with Gasteiger partial charge < -0.3 is 14.6 Å². The highest BCUT2D eigenvalue weighted by Crippen LogP contribution is 2.32. The lowest BCUT2D eigenvalue weighted by atomic mass is 10.1. The molecular weight excluding hydrogens is 462 g/mol. The highest BCUT2D eigenvalue weighted by atomic mass is 16.4. The Bertz CT molecular complexity index is 1790. The summed E-state index contributed by atoms with van der Waals surface area (Å²) in [7, 11) is 0. The first-order chi connectivity index (χ1) is 18.2. The fraction of sp³-hybridized carbons (Fsp3) is 0. The van der Waals surface area contributed by atoms with Crippen LogP contribution in [0.2, 0.25) is 0 Å². The van der Waals surface area contributed by atoms with Crippen molar-refractivity contribution in [2.75, 3.05) is 5.73 Å². The molecule has 0 fully saturated rings. The Morgan fingerprint density at radius 1 is 0.405 bits per heavy atom. The number of hydrogen-bond donors (Lipinski definition) is 1. The topological polar surface area (TPSA) is 104 Å². The van der Waals surface area contributed by atoms with Crippen LogP contribution in [0.5, 0.6) is 0 Å². The van der Waals surface area contributed by atoms with E-state index in [0.717, 1.165) is 32.7 Å². The number of nitrogens with two attached hydrogens (primary N) is 1. The van der Waals surface area contributed by atoms with Gasteiger partial charge in [-0.2, -0.15) is 0 Å². The second-order valence-electron chi connectivity index (χ2n) is 8.79. The van der Waals surface area contributed by atoms with Crippen molar-refractivity contribution in [1.29, 1.82) is 0 Å². The summed E-state index contributed by atoms with van der Waals surface area (Å²) in [6.45, 7) is 0. The van der Waals surface area contributed by atoms with Crippen molar-refractivity contribution in [3.63, 3.8) is 0 Å². The van der Waals surface area contributed by atoms with E-state index in [1.165, 1.54) is 0 Å². The van der Waals surface area contributed by atoms with Crippen LogP contribution in [0.25, 0.3) is 67.4 Å². The van der Waals surface area contributed by atoms with E-state index >= 15 is 0 Å². The number of aromatic nitrogens is 4. The van der Waals surface area contributed by atoms with E-state index in [2.05, 4.69) is 44.7 Å². The molecule has 5 aromatic carbocycles. The van der Waals surface area contributed by atoms with Crippen molar-refractivity contribution in [2.24, 2.45) is 0 Å². The quantitative estimate of drug-likeness (QED) is 0.270. The summed E-state index contributed by atoms with van der Waals surface area (Å²) >= 11 is 0. The van der Waals surface area contributed by atoms with Crippen LogP contribution in [-0.4, -0.2) is 20.4 Å². The Hall–Kier alpha value is -5.30. The summed E-state index contributed by atoms with van der Waals surface area (Å²) in [6.07, 6.45) is 0. The van der Waals surface area contributed by atoms with Crippen LogP contribution in [0.1, 0.15) is 0 Å². The van der Waals surface area contributed by atoms with Crippen LogP contribution >= 0.6 is 0 Å². The first-order valence-electron chi connectivity index (χ1n) is 11.8. The summed E-state index contributed by atoms with van der Waals surface area (Å²) in [5.41, 5.74) is 9.76. The van der Waals surface area contributed by atoms with Gasteiger partial charge in [0.2, 0.25) is 23.6 Å². The first kappa shape index (κ1) is 21.0. The fourth-order valence-electron chi connectivity index (χ4n) is 4.46. The van der Waals surface area contributed by atoms with Crippen molar-refractivity contribution in [3.8, 4) is 45.8 Å². The van der Waals surface area contributed by atoms with Crippen molar-refractivity contribution in [1.82, 2.24) is 20.4 Å². The van der Waals surface area contributed by atoms with Gasteiger partial charge in [-0.15, -0.1) is 20.4 Å². The van der Waals surface area contributed by atoms with Gasteiger partial charge in [0.05, 0.1) is 0 Å². The van der Waals surface area contributed by atoms with Gasteiger partial charge in [-0.3, -0.25) is 0 Å². The molecule has 7 rings (SSSR count). The van der Waals surface area contributed by atoms with Gasteiger partial charge >= 0.3 is 0 Å². The molecule has 0 amide bonds. The van der Waals surface area contributed by atoms with Crippen LogP contribution in [0.15, 0.2) is 112 Å². The Morgan fingerprint density at radius 2 is 0.811 bits per heavy atom. The zero-order chi connectivity index (χ0) is 24.8. The van der Waals surface area contributed by atoms with Crippen molar-refractivity contribution in [3.05, 3.63) is 103 Å². The molecule has 0 bridgehead atoms. The average molecular weight is 482 g/mol. The van der Waals surface area contributed by atoms with Gasteiger partial charge in [0, 0.05) is 27.9 Å². The average Bonchev–Trinajstić information content (AvgIpc) is 3.63. The van der Waals surface area contributed by atoms with Crippen molar-refractivity contribution in [2.45, 2.75) is 0 Å². The maximum atomic E-state index is 6.21. The molecule has 7 heteroatoms. The maximum Gasteiger partial charge on any atom is 0.248 e. The van der Waals surface area contributed by atoms with Crippen LogP contribution in [0.3, 0.4) is 0 Å². The molecule has 176 valence electrons. The maximum absolute atomic E-state index is 6.21. The molecule has 7 aromatic rings. The largest absolute Gasteiger partial charge is 0.416 e. The minimum atomic E-state index is 0.353. The third-order valence-electron chi connectivity index (χ3n) is 6.29. The van der Waals surface area contributed by atoms with Crippen LogP contribution in [0, 0.1) is 0 Å². The van der Waals surface area contributed by atoms with E-state index < -0.39 is 0 Å². The summed E-state index contributed by atoms with van der Waals surface area (Å²) in [5, 5.41) is 21.5. The molecule has 0 aliphatic rings. The Labute approximate surface area is 211 Å². The van der Waals surface area contributed by atoms with E-state index in [-0.39, 0.29) is 0 Å². The van der Waals surface area contributed by atoms with Crippen LogP contribution in [-0.2, 0) is 0 Å². The number of anilines is 1. The zero-order valence-electron chi connectivity index (χ0n) is 19.5. The molecule has 2 N–H and O–H groups in total. The predicted octanol–water partition coefficient (Wildman–Crippen LogP) is 7.01. The molecule has 0 spiro atoms. The molecule has 0 atom stereocenters. The molecule has 0 aliphatic heterocycles. The van der Waals surface area contributed by atoms with E-state index in [1.807, 2.05) is 66.7 Å². The summed E-state index contributed by atoms with van der Waals surface area (Å²) in [6, 6.07) is 33.8. The van der Waals surface area contributed by atoms with E-state index in [1.54, 1.807) is 12.1 Å². The van der Waals surface area contributed by atoms with E-state index in [4.69, 9.17) is 14.6 Å². The zero-order valence-corrected chi connectivity index (χ0v) is 19.5. The molecule has 37 heavy (non-hydrogen) atoms. The van der Waals surface area contributed by atoms with Gasteiger partial charge in [0.1, 0.15) is 0 Å². The van der Waals surface area contributed by atoms with E-state index in [0.29, 0.717) is 40.4 Å². The fourth-order valence-corrected chi connectivity index (χ4v) is 4.46. The molecule has 0 unspecified atom stereocenters. The molecular formula is C30H19N5O2. The molecule has 0 saturated heterocycles. The number of fused-ring (bicyclic) bond motifs is 2. The van der Waals surface area contributed by atoms with Crippen molar-refractivity contribution >= 4 is 27.2 Å². The third kappa shape index (κ3) is 3.88. The second-order valence-corrected chi connectivity index (χ2v) is 8.79. The highest BCUT2D eigenvalue weighted by Gasteiger charge is 2.16. The number of nitrogens with zero attached hydrogens (tertiary/aromatic N) is 4. The van der Waals surface area contributed by atoms with Gasteiger partial charge in [-0.05, 0) is 64.0 Å². The van der Waals surface area contributed by atoms with Gasteiger partial charge in [-0.1, -0.05) is 60.7 Å². The third-order valence-corrected chi connectivity index (χ3v) is 6.29. The Morgan fingerprint density at radius 3 is 1.27 bits per heavy atom. The van der Waals surface area contributed by atoms with Crippen molar-refractivity contribution < 1.29 is 8.83 Å². The normalized spacial score (nSPS) is 11.4. The number of rotatable bonds is 4. The van der Waals surface area contributed by atoms with E-state index in [9.17, 15) is 0 Å². The van der Waals surface area contributed by atoms with Gasteiger partial charge in [0.15, 0.2) is 0 Å². The monoisotopic (exact) mass is 481 g/mol. The standard InChI is InChI=1S/C30H19N5O2/c31-26-16-24(29-34-32-27(36-29)22-11-9-18-5-1-3-7-20(18)13-22)15-25(17-26)30-35-33-28(37-30)23-12-10-19-6-2-4-8-21(19)14-23/h1-17H,31H2. The second kappa shape index (κ2) is 8.42. The van der Waals surface area contributed by atoms with Crippen LogP contribution in [0.4, 0.5) is 5.69 Å². The molecule has 0 aliphatic carbocycles. The summed E-state index contributed by atoms with van der Waals surface area (Å²) < 4.78 is 12.0. The SMILES string of the molecule is Nc1cc(-c2nnc(-c3ccc4ccccc4c3)o2)cc(-c2nnc(-c3ccc4ccccc4c3)o2)c1. The number of benzene rings is 5. The molecule has 0 radical (unpaired) electrons.